The maximum absolute atomic E-state index is 13.0. The van der Waals surface area contributed by atoms with Gasteiger partial charge in [-0.3, -0.25) is 4.79 Å². The predicted octanol–water partition coefficient (Wildman–Crippen LogP) is 2.98. The van der Waals surface area contributed by atoms with Crippen LogP contribution in [0.5, 0.6) is 23.0 Å². The van der Waals surface area contributed by atoms with Gasteiger partial charge >= 0.3 is 0 Å². The lowest BCUT2D eigenvalue weighted by Gasteiger charge is -2.13. The summed E-state index contributed by atoms with van der Waals surface area (Å²) >= 11 is 0. The summed E-state index contributed by atoms with van der Waals surface area (Å²) in [5.74, 6) is 0.730. The van der Waals surface area contributed by atoms with Gasteiger partial charge in [0.25, 0.3) is 0 Å². The van der Waals surface area contributed by atoms with Gasteiger partial charge in [-0.15, -0.1) is 0 Å². The molecule has 0 fully saturated rings. The Hall–Kier alpha value is -3.35. The number of furan rings is 1. The van der Waals surface area contributed by atoms with E-state index < -0.39 is 0 Å². The van der Waals surface area contributed by atoms with Crippen molar-refractivity contribution in [2.75, 3.05) is 27.1 Å². The molecule has 0 aliphatic rings. The van der Waals surface area contributed by atoms with Crippen molar-refractivity contribution in [2.24, 2.45) is 0 Å². The van der Waals surface area contributed by atoms with Crippen molar-refractivity contribution in [3.8, 4) is 23.0 Å². The summed E-state index contributed by atoms with van der Waals surface area (Å²) in [6.45, 7) is 0. The molecule has 0 radical (unpaired) electrons. The van der Waals surface area contributed by atoms with Crippen LogP contribution in [0.3, 0.4) is 0 Å². The highest BCUT2D eigenvalue weighted by Crippen LogP contribution is 2.40. The van der Waals surface area contributed by atoms with Crippen molar-refractivity contribution in [3.05, 3.63) is 41.5 Å². The summed E-state index contributed by atoms with van der Waals surface area (Å²) in [4.78, 5) is 13.0. The molecule has 0 atom stereocenters. The third-order valence-corrected chi connectivity index (χ3v) is 3.85. The van der Waals surface area contributed by atoms with E-state index in [0.717, 1.165) is 0 Å². The number of carbonyl (C=O) groups is 1. The van der Waals surface area contributed by atoms with Crippen LogP contribution in [-0.4, -0.2) is 32.2 Å². The third-order valence-electron chi connectivity index (χ3n) is 3.85. The summed E-state index contributed by atoms with van der Waals surface area (Å²) < 4.78 is 21.2. The summed E-state index contributed by atoms with van der Waals surface area (Å²) in [7, 11) is 4.42. The molecule has 3 aromatic rings. The summed E-state index contributed by atoms with van der Waals surface area (Å²) in [5.41, 5.74) is 6.72. The molecule has 0 amide bonds. The molecule has 1 aromatic heterocycles. The minimum Gasteiger partial charge on any atom is -0.508 e. The van der Waals surface area contributed by atoms with Gasteiger partial charge in [0.1, 0.15) is 11.3 Å². The van der Waals surface area contributed by atoms with Crippen molar-refractivity contribution in [1.29, 1.82) is 0 Å². The zero-order valence-electron chi connectivity index (χ0n) is 14.0. The Kier molecular flexibility index (Phi) is 4.14. The average Bonchev–Trinajstić information content (AvgIpc) is 2.94. The first-order valence-electron chi connectivity index (χ1n) is 7.35. The van der Waals surface area contributed by atoms with Crippen LogP contribution in [0.15, 0.2) is 34.7 Å². The van der Waals surface area contributed by atoms with Gasteiger partial charge in [-0.1, -0.05) is 0 Å². The van der Waals surface area contributed by atoms with E-state index in [9.17, 15) is 9.90 Å². The number of ketones is 1. The normalized spacial score (nSPS) is 10.7. The second-order valence-corrected chi connectivity index (χ2v) is 5.26. The molecule has 0 aliphatic carbocycles. The van der Waals surface area contributed by atoms with Crippen LogP contribution in [0.1, 0.15) is 15.9 Å². The quantitative estimate of drug-likeness (QED) is 0.686. The Morgan fingerprint density at radius 3 is 2.24 bits per heavy atom. The second kappa shape index (κ2) is 6.27. The van der Waals surface area contributed by atoms with Crippen molar-refractivity contribution < 1.29 is 28.5 Å². The van der Waals surface area contributed by atoms with Crippen LogP contribution in [0.4, 0.5) is 5.88 Å². The van der Waals surface area contributed by atoms with Crippen molar-refractivity contribution in [1.82, 2.24) is 0 Å². The molecule has 25 heavy (non-hydrogen) atoms. The third kappa shape index (κ3) is 2.69. The Morgan fingerprint density at radius 2 is 1.68 bits per heavy atom. The molecule has 130 valence electrons. The Balaban J connectivity index is 2.18. The standard InChI is InChI=1S/C18H17NO6/c1-22-13-6-9(7-14(23-2)17(13)24-3)16(21)15-11-5-4-10(20)8-12(11)25-18(15)19/h4-8,20H,19H2,1-3H3. The van der Waals surface area contributed by atoms with E-state index in [1.807, 2.05) is 0 Å². The maximum atomic E-state index is 13.0. The second-order valence-electron chi connectivity index (χ2n) is 5.26. The Bertz CT molecular complexity index is 935. The lowest BCUT2D eigenvalue weighted by molar-refractivity contribution is 0.103. The maximum Gasteiger partial charge on any atom is 0.203 e. The number of nitrogens with two attached hydrogens (primary N) is 1. The number of nitrogen functional groups attached to an aromatic ring is 1. The first-order chi connectivity index (χ1) is 12.0. The van der Waals surface area contributed by atoms with Crippen LogP contribution in [0, 0.1) is 0 Å². The molecule has 0 bridgehead atoms. The minimum atomic E-state index is -0.360. The van der Waals surface area contributed by atoms with Crippen molar-refractivity contribution in [2.45, 2.75) is 0 Å². The van der Waals surface area contributed by atoms with E-state index in [0.29, 0.717) is 33.8 Å². The number of ether oxygens (including phenoxy) is 3. The molecular weight excluding hydrogens is 326 g/mol. The van der Waals surface area contributed by atoms with Gasteiger partial charge in [0.05, 0.1) is 26.9 Å². The number of phenols is 1. The molecular formula is C18H17NO6. The molecule has 0 aliphatic heterocycles. The van der Waals surface area contributed by atoms with E-state index in [-0.39, 0.29) is 23.0 Å². The highest BCUT2D eigenvalue weighted by atomic mass is 16.5. The lowest BCUT2D eigenvalue weighted by atomic mass is 10.0. The fraction of sp³-hybridized carbons (Fsp3) is 0.167. The number of benzene rings is 2. The van der Waals surface area contributed by atoms with Crippen LogP contribution >= 0.6 is 0 Å². The smallest absolute Gasteiger partial charge is 0.203 e. The average molecular weight is 343 g/mol. The molecule has 0 spiro atoms. The Morgan fingerprint density at radius 1 is 1.04 bits per heavy atom. The topological polar surface area (TPSA) is 104 Å². The fourth-order valence-electron chi connectivity index (χ4n) is 2.69. The van der Waals surface area contributed by atoms with Crippen LogP contribution < -0.4 is 19.9 Å². The first-order valence-corrected chi connectivity index (χ1v) is 7.35. The molecule has 7 nitrogen and oxygen atoms in total. The van der Waals surface area contributed by atoms with E-state index in [4.69, 9.17) is 24.4 Å². The van der Waals surface area contributed by atoms with Gasteiger partial charge in [0, 0.05) is 17.0 Å². The van der Waals surface area contributed by atoms with Gasteiger partial charge in [-0.2, -0.15) is 0 Å². The van der Waals surface area contributed by atoms with Crippen LogP contribution in [0.2, 0.25) is 0 Å². The molecule has 0 saturated heterocycles. The molecule has 2 aromatic carbocycles. The predicted molar refractivity (Wildman–Crippen MR) is 91.8 cm³/mol. The fourth-order valence-corrected chi connectivity index (χ4v) is 2.69. The van der Waals surface area contributed by atoms with Gasteiger partial charge in [-0.25, -0.2) is 0 Å². The van der Waals surface area contributed by atoms with Crippen LogP contribution in [0.25, 0.3) is 11.0 Å². The van der Waals surface area contributed by atoms with Gasteiger partial charge in [-0.05, 0) is 24.3 Å². The number of anilines is 1. The zero-order valence-corrected chi connectivity index (χ0v) is 14.0. The largest absolute Gasteiger partial charge is 0.508 e. The highest BCUT2D eigenvalue weighted by molar-refractivity contribution is 6.19. The molecule has 3 N–H and O–H groups in total. The van der Waals surface area contributed by atoms with Gasteiger partial charge < -0.3 is 29.5 Å². The first kappa shape index (κ1) is 16.5. The van der Waals surface area contributed by atoms with Crippen molar-refractivity contribution in [3.63, 3.8) is 0 Å². The van der Waals surface area contributed by atoms with E-state index in [1.54, 1.807) is 18.2 Å². The Labute approximate surface area is 143 Å². The highest BCUT2D eigenvalue weighted by Gasteiger charge is 2.24. The molecule has 7 heteroatoms. The number of rotatable bonds is 5. The minimum absolute atomic E-state index is 0.0213. The van der Waals surface area contributed by atoms with Crippen molar-refractivity contribution >= 4 is 22.6 Å². The number of carbonyl (C=O) groups excluding carboxylic acids is 1. The van der Waals surface area contributed by atoms with Gasteiger partial charge in [0.15, 0.2) is 17.3 Å². The molecule has 0 unspecified atom stereocenters. The number of hydrogen-bond donors (Lipinski definition) is 2. The number of hydrogen-bond acceptors (Lipinski definition) is 7. The molecule has 0 saturated carbocycles. The molecule has 3 rings (SSSR count). The summed E-state index contributed by atoms with van der Waals surface area (Å²) in [5, 5.41) is 10.1. The summed E-state index contributed by atoms with van der Waals surface area (Å²) in [6.07, 6.45) is 0. The van der Waals surface area contributed by atoms with E-state index in [2.05, 4.69) is 0 Å². The number of fused-ring (bicyclic) bond motifs is 1. The lowest BCUT2D eigenvalue weighted by Crippen LogP contribution is -2.05. The zero-order chi connectivity index (χ0) is 18.1. The van der Waals surface area contributed by atoms with Crippen LogP contribution in [-0.2, 0) is 0 Å². The number of methoxy groups -OCH3 is 3. The molecule has 1 heterocycles. The van der Waals surface area contributed by atoms with E-state index in [1.165, 1.54) is 33.5 Å². The van der Waals surface area contributed by atoms with E-state index >= 15 is 0 Å². The number of phenolic OH excluding ortho intramolecular Hbond substituents is 1. The van der Waals surface area contributed by atoms with Gasteiger partial charge in [0.2, 0.25) is 11.6 Å². The monoisotopic (exact) mass is 343 g/mol. The SMILES string of the molecule is COc1cc(C(=O)c2c(N)oc3cc(O)ccc23)cc(OC)c1OC. The number of aromatic hydroxyl groups is 1. The summed E-state index contributed by atoms with van der Waals surface area (Å²) in [6, 6.07) is 7.53.